The maximum absolute atomic E-state index is 6.49. The molecule has 48 heavy (non-hydrogen) atoms. The summed E-state index contributed by atoms with van der Waals surface area (Å²) in [5, 5.41) is 3.79. The van der Waals surface area contributed by atoms with Gasteiger partial charge in [0.2, 0.25) is 0 Å². The first-order chi connectivity index (χ1) is 22.8. The number of dihydropyridines is 1. The summed E-state index contributed by atoms with van der Waals surface area (Å²) in [5.74, 6) is 3.19. The van der Waals surface area contributed by atoms with Crippen molar-refractivity contribution in [2.45, 2.75) is 74.1 Å². The van der Waals surface area contributed by atoms with Gasteiger partial charge in [-0.05, 0) is 54.4 Å². The Morgan fingerprint density at radius 2 is 1.40 bits per heavy atom. The molecule has 2 aromatic rings. The number of benzene rings is 2. The zero-order valence-corrected chi connectivity index (χ0v) is 30.6. The average molecular weight is 656 g/mol. The molecule has 0 saturated heterocycles. The Morgan fingerprint density at radius 3 is 1.90 bits per heavy atom. The minimum absolute atomic E-state index is 0.0400. The van der Waals surface area contributed by atoms with E-state index in [0.717, 1.165) is 29.4 Å². The fourth-order valence-electron chi connectivity index (χ4n) is 6.17. The smallest absolute Gasteiger partial charge is 0.134 e. The molecule has 2 heterocycles. The van der Waals surface area contributed by atoms with Crippen molar-refractivity contribution in [1.82, 2.24) is 5.32 Å². The monoisotopic (exact) mass is 655 g/mol. The van der Waals surface area contributed by atoms with Gasteiger partial charge in [-0.1, -0.05) is 134 Å². The fraction of sp³-hybridized carbons (Fsp3) is 0.476. The first kappa shape index (κ1) is 37.4. The molecule has 6 nitrogen and oxygen atoms in total. The van der Waals surface area contributed by atoms with E-state index < -0.39 is 0 Å². The van der Waals surface area contributed by atoms with E-state index >= 15 is 0 Å². The Morgan fingerprint density at radius 1 is 0.812 bits per heavy atom. The molecule has 0 radical (unpaired) electrons. The van der Waals surface area contributed by atoms with Gasteiger partial charge in [0.1, 0.15) is 24.7 Å². The zero-order chi connectivity index (χ0) is 34.8. The van der Waals surface area contributed by atoms with Crippen molar-refractivity contribution in [2.24, 2.45) is 28.1 Å². The number of allylic oxidation sites excluding steroid dienone is 8. The summed E-state index contributed by atoms with van der Waals surface area (Å²) in [6.45, 7) is 16.8. The van der Waals surface area contributed by atoms with Gasteiger partial charge in [0, 0.05) is 33.2 Å². The van der Waals surface area contributed by atoms with Crippen LogP contribution in [0.15, 0.2) is 108 Å². The molecular weight excluding hydrogens is 598 g/mol. The zero-order valence-electron chi connectivity index (χ0n) is 30.6. The van der Waals surface area contributed by atoms with Gasteiger partial charge in [-0.2, -0.15) is 0 Å². The van der Waals surface area contributed by atoms with Crippen LogP contribution in [0.1, 0.15) is 85.3 Å². The van der Waals surface area contributed by atoms with Gasteiger partial charge in [0.25, 0.3) is 0 Å². The SMILES string of the molecule is CC1(CC(C=C2C=C(c3ccccc3)OC(C(C)(C)C)=C2)C2CCC2)C=C(c2ccccc2)NC(C(C)(C)C)=C1.COOCCOOC. The number of hydrogen-bond acceptors (Lipinski definition) is 6. The molecule has 0 bridgehead atoms. The van der Waals surface area contributed by atoms with Crippen molar-refractivity contribution in [3.05, 3.63) is 119 Å². The molecule has 2 aliphatic heterocycles. The molecule has 0 aromatic heterocycles. The summed E-state index contributed by atoms with van der Waals surface area (Å²) in [4.78, 5) is 17.4. The molecule has 0 amide bonds. The molecule has 2 unspecified atom stereocenters. The molecule has 1 saturated carbocycles. The lowest BCUT2D eigenvalue weighted by molar-refractivity contribution is -0.321. The number of hydrogen-bond donors (Lipinski definition) is 1. The number of ether oxygens (including phenoxy) is 1. The van der Waals surface area contributed by atoms with Crippen LogP contribution in [0.5, 0.6) is 0 Å². The van der Waals surface area contributed by atoms with Crippen molar-refractivity contribution in [3.63, 3.8) is 0 Å². The molecule has 3 aliphatic rings. The Labute approximate surface area is 289 Å². The third-order valence-electron chi connectivity index (χ3n) is 9.05. The first-order valence-corrected chi connectivity index (χ1v) is 17.3. The molecule has 1 aliphatic carbocycles. The van der Waals surface area contributed by atoms with Gasteiger partial charge in [0.15, 0.2) is 0 Å². The van der Waals surface area contributed by atoms with E-state index in [9.17, 15) is 0 Å². The van der Waals surface area contributed by atoms with Crippen LogP contribution in [-0.4, -0.2) is 27.4 Å². The number of rotatable bonds is 11. The van der Waals surface area contributed by atoms with Crippen LogP contribution < -0.4 is 5.32 Å². The van der Waals surface area contributed by atoms with Gasteiger partial charge >= 0.3 is 0 Å². The minimum atomic E-state index is -0.0714. The summed E-state index contributed by atoms with van der Waals surface area (Å²) < 4.78 is 6.49. The lowest BCUT2D eigenvalue weighted by atomic mass is 9.67. The molecule has 1 fully saturated rings. The topological polar surface area (TPSA) is 58.2 Å². The van der Waals surface area contributed by atoms with E-state index in [2.05, 4.69) is 164 Å². The molecule has 1 N–H and O–H groups in total. The van der Waals surface area contributed by atoms with E-state index in [1.807, 2.05) is 0 Å². The van der Waals surface area contributed by atoms with Crippen molar-refractivity contribution in [1.29, 1.82) is 0 Å². The Bertz CT molecular complexity index is 1460. The van der Waals surface area contributed by atoms with E-state index in [1.54, 1.807) is 0 Å². The third-order valence-corrected chi connectivity index (χ3v) is 9.05. The predicted molar refractivity (Wildman–Crippen MR) is 196 cm³/mol. The van der Waals surface area contributed by atoms with Crippen molar-refractivity contribution in [3.8, 4) is 0 Å². The second-order valence-electron chi connectivity index (χ2n) is 15.3. The highest BCUT2D eigenvalue weighted by molar-refractivity contribution is 5.69. The minimum Gasteiger partial charge on any atom is -0.461 e. The van der Waals surface area contributed by atoms with E-state index in [-0.39, 0.29) is 16.2 Å². The third kappa shape index (κ3) is 10.8. The number of nitrogens with one attached hydrogen (secondary N) is 1. The van der Waals surface area contributed by atoms with Crippen LogP contribution in [0, 0.1) is 28.1 Å². The fourth-order valence-corrected chi connectivity index (χ4v) is 6.17. The van der Waals surface area contributed by atoms with Gasteiger partial charge in [0.05, 0.1) is 14.2 Å². The standard InChI is InChI=1S/C38H47NO.C4H10O4/c1-36(2,3)34-26-38(7,25-32(39-34)29-15-10-8-11-16-29)24-31(28-19-14-20-28)21-27-22-33(30-17-12-9-13-18-30)40-35(23-27)37(4,5)6;1-5-7-3-4-8-6-2/h8-13,15-18,21-23,25-26,28,31,39H,14,19-20,24H2,1-7H3;3-4H2,1-2H3. The highest BCUT2D eigenvalue weighted by Gasteiger charge is 2.36. The second-order valence-corrected chi connectivity index (χ2v) is 15.3. The van der Waals surface area contributed by atoms with Crippen LogP contribution in [0.3, 0.4) is 0 Å². The highest BCUT2D eigenvalue weighted by Crippen LogP contribution is 2.46. The van der Waals surface area contributed by atoms with Crippen molar-refractivity contribution >= 4 is 11.5 Å². The maximum Gasteiger partial charge on any atom is 0.134 e. The van der Waals surface area contributed by atoms with Crippen LogP contribution in [0.2, 0.25) is 0 Å². The van der Waals surface area contributed by atoms with Crippen molar-refractivity contribution in [2.75, 3.05) is 27.4 Å². The first-order valence-electron chi connectivity index (χ1n) is 17.3. The molecule has 5 rings (SSSR count). The molecule has 6 heteroatoms. The molecule has 2 atom stereocenters. The Balaban J connectivity index is 0.000000579. The summed E-state index contributed by atoms with van der Waals surface area (Å²) in [6, 6.07) is 21.3. The normalized spacial score (nSPS) is 21.3. The molecular formula is C42H57NO5. The van der Waals surface area contributed by atoms with Crippen LogP contribution in [0.25, 0.3) is 11.5 Å². The molecule has 260 valence electrons. The van der Waals surface area contributed by atoms with Crippen molar-refractivity contribution < 1.29 is 24.3 Å². The molecule has 0 spiro atoms. The summed E-state index contributed by atoms with van der Waals surface area (Å²) in [7, 11) is 2.87. The Hall–Kier alpha value is -3.42. The Kier molecular flexibility index (Phi) is 13.1. The lowest BCUT2D eigenvalue weighted by Gasteiger charge is -2.41. The van der Waals surface area contributed by atoms with Crippen LogP contribution in [0.4, 0.5) is 0 Å². The van der Waals surface area contributed by atoms with E-state index in [0.29, 0.717) is 19.1 Å². The largest absolute Gasteiger partial charge is 0.461 e. The predicted octanol–water partition coefficient (Wildman–Crippen LogP) is 10.4. The lowest BCUT2D eigenvalue weighted by Crippen LogP contribution is -2.33. The summed E-state index contributed by atoms with van der Waals surface area (Å²) in [6.07, 6.45) is 17.1. The summed E-state index contributed by atoms with van der Waals surface area (Å²) in [5.41, 5.74) is 6.10. The van der Waals surface area contributed by atoms with Gasteiger partial charge in [-0.25, -0.2) is 19.6 Å². The van der Waals surface area contributed by atoms with E-state index in [1.165, 1.54) is 56.0 Å². The second kappa shape index (κ2) is 16.8. The highest BCUT2D eigenvalue weighted by atomic mass is 17.2. The van der Waals surface area contributed by atoms with E-state index in [4.69, 9.17) is 4.74 Å². The van der Waals surface area contributed by atoms with Gasteiger partial charge < -0.3 is 10.1 Å². The van der Waals surface area contributed by atoms with Gasteiger partial charge in [-0.3, -0.25) is 0 Å². The maximum atomic E-state index is 6.49. The summed E-state index contributed by atoms with van der Waals surface area (Å²) >= 11 is 0. The quantitative estimate of drug-likeness (QED) is 0.148. The average Bonchev–Trinajstić information content (AvgIpc) is 3.02. The van der Waals surface area contributed by atoms with Gasteiger partial charge in [-0.15, -0.1) is 0 Å². The molecule has 2 aromatic carbocycles. The van der Waals surface area contributed by atoms with Crippen LogP contribution in [-0.2, 0) is 24.3 Å². The van der Waals surface area contributed by atoms with Crippen LogP contribution >= 0.6 is 0 Å².